The Kier molecular flexibility index (Phi) is 7.01. The standard InChI is InChI=1S/C22H30BrN7O3/c1-15-12-17(28-10-8-26(2)9-11-28)6-7-29(15)18-5-4-16(13-19(18)30(32)33)24-21-22(31)27(3)14-20(23)25-21/h4-5,13-15,17H,6-12H2,1-3H3,(H,24,25)/t15-,17-/m0/s1. The molecule has 3 heterocycles. The number of nitrogens with zero attached hydrogens (tertiary/aromatic N) is 6. The summed E-state index contributed by atoms with van der Waals surface area (Å²) in [5, 5.41) is 14.9. The van der Waals surface area contributed by atoms with Crippen LogP contribution in [0.15, 0.2) is 33.8 Å². The fourth-order valence-corrected chi connectivity index (χ4v) is 5.29. The lowest BCUT2D eigenvalue weighted by Crippen LogP contribution is -2.54. The van der Waals surface area contributed by atoms with Crippen LogP contribution in [-0.4, -0.2) is 76.1 Å². The van der Waals surface area contributed by atoms with Crippen LogP contribution in [-0.2, 0) is 7.05 Å². The molecule has 0 unspecified atom stereocenters. The summed E-state index contributed by atoms with van der Waals surface area (Å²) >= 11 is 3.27. The molecule has 0 aliphatic carbocycles. The SMILES string of the molecule is C[C@H]1C[C@@H](N2CCN(C)CC2)CCN1c1ccc(Nc2nc(Br)cn(C)c2=O)cc1[N+](=O)[O-]. The van der Waals surface area contributed by atoms with Gasteiger partial charge in [-0.1, -0.05) is 0 Å². The predicted molar refractivity (Wildman–Crippen MR) is 132 cm³/mol. The quantitative estimate of drug-likeness (QED) is 0.475. The Bertz CT molecular complexity index is 1080. The van der Waals surface area contributed by atoms with E-state index in [-0.39, 0.29) is 28.0 Å². The lowest BCUT2D eigenvalue weighted by atomic mass is 9.95. The van der Waals surface area contributed by atoms with E-state index in [0.29, 0.717) is 22.0 Å². The maximum atomic E-state index is 12.3. The van der Waals surface area contributed by atoms with Crippen molar-refractivity contribution in [1.29, 1.82) is 0 Å². The van der Waals surface area contributed by atoms with Crippen LogP contribution in [0.1, 0.15) is 19.8 Å². The van der Waals surface area contributed by atoms with Crippen LogP contribution < -0.4 is 15.8 Å². The van der Waals surface area contributed by atoms with Crippen LogP contribution in [0.3, 0.4) is 0 Å². The summed E-state index contributed by atoms with van der Waals surface area (Å²) in [7, 11) is 3.78. The molecule has 0 radical (unpaired) electrons. The molecule has 11 heteroatoms. The summed E-state index contributed by atoms with van der Waals surface area (Å²) < 4.78 is 1.89. The molecule has 33 heavy (non-hydrogen) atoms. The number of hydrogen-bond donors (Lipinski definition) is 1. The van der Waals surface area contributed by atoms with Crippen molar-refractivity contribution in [2.24, 2.45) is 7.05 Å². The number of rotatable bonds is 5. The number of likely N-dealkylation sites (N-methyl/N-ethyl adjacent to an activating group) is 1. The lowest BCUT2D eigenvalue weighted by Gasteiger charge is -2.45. The van der Waals surface area contributed by atoms with Gasteiger partial charge in [-0.25, -0.2) is 4.98 Å². The molecule has 2 aliphatic heterocycles. The molecule has 2 aromatic rings. The molecular weight excluding hydrogens is 490 g/mol. The molecule has 0 saturated carbocycles. The van der Waals surface area contributed by atoms with Crippen LogP contribution in [0.4, 0.5) is 22.9 Å². The highest BCUT2D eigenvalue weighted by Gasteiger charge is 2.33. The minimum absolute atomic E-state index is 0.0247. The molecule has 1 aromatic carbocycles. The number of nitrogens with one attached hydrogen (secondary N) is 1. The summed E-state index contributed by atoms with van der Waals surface area (Å²) in [5.41, 5.74) is 0.777. The van der Waals surface area contributed by atoms with E-state index >= 15 is 0 Å². The van der Waals surface area contributed by atoms with Crippen LogP contribution in [0.25, 0.3) is 0 Å². The van der Waals surface area contributed by atoms with Gasteiger partial charge in [0.25, 0.3) is 11.2 Å². The Morgan fingerprint density at radius 2 is 1.91 bits per heavy atom. The van der Waals surface area contributed by atoms with E-state index in [1.807, 2.05) is 0 Å². The third-order valence-electron chi connectivity index (χ3n) is 6.69. The first-order valence-electron chi connectivity index (χ1n) is 11.2. The number of piperazine rings is 1. The van der Waals surface area contributed by atoms with Gasteiger partial charge in [0, 0.05) is 69.8 Å². The number of anilines is 3. The van der Waals surface area contributed by atoms with Gasteiger partial charge in [-0.05, 0) is 54.9 Å². The van der Waals surface area contributed by atoms with E-state index < -0.39 is 0 Å². The molecule has 0 bridgehead atoms. The zero-order chi connectivity index (χ0) is 23.7. The molecule has 10 nitrogen and oxygen atoms in total. The molecule has 1 aromatic heterocycles. The van der Waals surface area contributed by atoms with Gasteiger partial charge >= 0.3 is 0 Å². The van der Waals surface area contributed by atoms with Gasteiger partial charge in [-0.2, -0.15) is 0 Å². The number of aromatic nitrogens is 2. The minimum atomic E-state index is -0.355. The first-order chi connectivity index (χ1) is 15.7. The van der Waals surface area contributed by atoms with E-state index in [1.54, 1.807) is 25.4 Å². The summed E-state index contributed by atoms with van der Waals surface area (Å²) in [4.78, 5) is 35.2. The zero-order valence-corrected chi connectivity index (χ0v) is 20.8. The Morgan fingerprint density at radius 3 is 2.58 bits per heavy atom. The number of benzene rings is 1. The van der Waals surface area contributed by atoms with Gasteiger partial charge in [0.15, 0.2) is 5.82 Å². The van der Waals surface area contributed by atoms with Gasteiger partial charge in [0.05, 0.1) is 4.92 Å². The second-order valence-corrected chi connectivity index (χ2v) is 9.79. The Morgan fingerprint density at radius 1 is 1.18 bits per heavy atom. The highest BCUT2D eigenvalue weighted by Crippen LogP contribution is 2.36. The van der Waals surface area contributed by atoms with Gasteiger partial charge in [-0.15, -0.1) is 0 Å². The second-order valence-electron chi connectivity index (χ2n) is 8.97. The number of piperidine rings is 1. The molecule has 2 aliphatic rings. The van der Waals surface area contributed by atoms with E-state index in [2.05, 4.69) is 54.9 Å². The highest BCUT2D eigenvalue weighted by molar-refractivity contribution is 9.10. The molecule has 0 amide bonds. The van der Waals surface area contributed by atoms with Crippen molar-refractivity contribution in [3.05, 3.63) is 49.5 Å². The van der Waals surface area contributed by atoms with Crippen molar-refractivity contribution in [2.45, 2.75) is 31.8 Å². The second kappa shape index (κ2) is 9.78. The third kappa shape index (κ3) is 5.20. The average molecular weight is 520 g/mol. The lowest BCUT2D eigenvalue weighted by molar-refractivity contribution is -0.384. The molecule has 0 spiro atoms. The average Bonchev–Trinajstić information content (AvgIpc) is 2.77. The van der Waals surface area contributed by atoms with Gasteiger partial charge in [-0.3, -0.25) is 19.8 Å². The molecular formula is C22H30BrN7O3. The summed E-state index contributed by atoms with van der Waals surface area (Å²) in [6.45, 7) is 7.26. The van der Waals surface area contributed by atoms with Gasteiger partial charge < -0.3 is 19.7 Å². The first kappa shape index (κ1) is 23.7. The first-order valence-corrected chi connectivity index (χ1v) is 12.0. The topological polar surface area (TPSA) is 99.8 Å². The highest BCUT2D eigenvalue weighted by atomic mass is 79.9. The summed E-state index contributed by atoms with van der Waals surface area (Å²) in [6, 6.07) is 5.74. The van der Waals surface area contributed by atoms with E-state index in [1.165, 1.54) is 10.6 Å². The van der Waals surface area contributed by atoms with Crippen molar-refractivity contribution in [3.8, 4) is 0 Å². The molecule has 2 fully saturated rings. The zero-order valence-electron chi connectivity index (χ0n) is 19.2. The molecule has 2 atom stereocenters. The van der Waals surface area contributed by atoms with Crippen molar-refractivity contribution in [1.82, 2.24) is 19.4 Å². The van der Waals surface area contributed by atoms with Crippen molar-refractivity contribution >= 4 is 38.8 Å². The van der Waals surface area contributed by atoms with Crippen molar-refractivity contribution < 1.29 is 4.92 Å². The molecule has 1 N–H and O–H groups in total. The van der Waals surface area contributed by atoms with Crippen molar-refractivity contribution in [2.75, 3.05) is 50.0 Å². The third-order valence-corrected chi connectivity index (χ3v) is 7.07. The maximum absolute atomic E-state index is 12.3. The van der Waals surface area contributed by atoms with Gasteiger partial charge in [0.2, 0.25) is 0 Å². The summed E-state index contributed by atoms with van der Waals surface area (Å²) in [6.07, 6.45) is 3.54. The Balaban J connectivity index is 1.53. The van der Waals surface area contributed by atoms with Crippen LogP contribution in [0.5, 0.6) is 0 Å². The Hall–Kier alpha value is -2.50. The van der Waals surface area contributed by atoms with Crippen LogP contribution in [0.2, 0.25) is 0 Å². The van der Waals surface area contributed by atoms with Gasteiger partial charge in [0.1, 0.15) is 10.3 Å². The summed E-state index contributed by atoms with van der Waals surface area (Å²) in [5.74, 6) is 0.107. The molecule has 178 valence electrons. The fourth-order valence-electron chi connectivity index (χ4n) is 4.80. The number of halogens is 1. The number of hydrogen-bond acceptors (Lipinski definition) is 8. The number of nitro benzene ring substituents is 1. The fraction of sp³-hybridized carbons (Fsp3) is 0.545. The number of nitro groups is 1. The van der Waals surface area contributed by atoms with Crippen molar-refractivity contribution in [3.63, 3.8) is 0 Å². The van der Waals surface area contributed by atoms with E-state index in [0.717, 1.165) is 45.6 Å². The monoisotopic (exact) mass is 519 g/mol. The van der Waals surface area contributed by atoms with Crippen LogP contribution >= 0.6 is 15.9 Å². The Labute approximate surface area is 201 Å². The van der Waals surface area contributed by atoms with Crippen LogP contribution in [0, 0.1) is 10.1 Å². The van der Waals surface area contributed by atoms with E-state index in [4.69, 9.17) is 0 Å². The smallest absolute Gasteiger partial charge is 0.294 e. The maximum Gasteiger partial charge on any atom is 0.294 e. The van der Waals surface area contributed by atoms with E-state index in [9.17, 15) is 14.9 Å². The molecule has 4 rings (SSSR count). The number of aryl methyl sites for hydroxylation is 1. The normalized spacial score (nSPS) is 22.4. The minimum Gasteiger partial charge on any atom is -0.363 e. The molecule has 2 saturated heterocycles. The largest absolute Gasteiger partial charge is 0.363 e. The predicted octanol–water partition coefficient (Wildman–Crippen LogP) is 2.80.